The standard InChI is InChI=1S/C57H35N3O2/c1-3-13-36(14-4-1)38-17-10-22-44(30-38)55-58-56(45-23-11-18-39(31-45)37-15-5-2-6-16-37)60-57(59-55)46-24-12-21-42(32-46)40-19-9-20-41(29-40)43-27-28-52-48(33-43)50-35-53-49(34-54(50)62-52)47-25-7-8-26-51(47)61-53/h1-35H. The molecule has 0 atom stereocenters. The van der Waals surface area contributed by atoms with Crippen molar-refractivity contribution in [1.29, 1.82) is 0 Å². The zero-order chi connectivity index (χ0) is 41.0. The Balaban J connectivity index is 0.936. The second-order valence-corrected chi connectivity index (χ2v) is 15.6. The monoisotopic (exact) mass is 793 g/mol. The lowest BCUT2D eigenvalue weighted by Gasteiger charge is -2.12. The molecular formula is C57H35N3O2. The van der Waals surface area contributed by atoms with Crippen molar-refractivity contribution in [2.75, 3.05) is 0 Å². The van der Waals surface area contributed by atoms with Gasteiger partial charge in [0.2, 0.25) is 0 Å². The maximum Gasteiger partial charge on any atom is 0.164 e. The van der Waals surface area contributed by atoms with E-state index < -0.39 is 0 Å². The quantitative estimate of drug-likeness (QED) is 0.161. The van der Waals surface area contributed by atoms with Crippen molar-refractivity contribution in [3.63, 3.8) is 0 Å². The molecule has 3 heterocycles. The molecule has 9 aromatic carbocycles. The van der Waals surface area contributed by atoms with Gasteiger partial charge in [-0.25, -0.2) is 15.0 Å². The van der Waals surface area contributed by atoms with E-state index in [4.69, 9.17) is 23.8 Å². The molecule has 0 amide bonds. The van der Waals surface area contributed by atoms with Crippen molar-refractivity contribution in [2.24, 2.45) is 0 Å². The van der Waals surface area contributed by atoms with E-state index >= 15 is 0 Å². The van der Waals surface area contributed by atoms with Crippen LogP contribution in [-0.2, 0) is 0 Å². The Kier molecular flexibility index (Phi) is 8.42. The molecule has 0 aliphatic rings. The lowest BCUT2D eigenvalue weighted by molar-refractivity contribution is 0.664. The van der Waals surface area contributed by atoms with Crippen LogP contribution in [0.5, 0.6) is 0 Å². The molecule has 0 saturated heterocycles. The highest BCUT2D eigenvalue weighted by Crippen LogP contribution is 2.39. The van der Waals surface area contributed by atoms with Crippen LogP contribution in [0.3, 0.4) is 0 Å². The Morgan fingerprint density at radius 2 is 0.548 bits per heavy atom. The first-order valence-corrected chi connectivity index (χ1v) is 20.7. The summed E-state index contributed by atoms with van der Waals surface area (Å²) in [4.78, 5) is 15.4. The summed E-state index contributed by atoms with van der Waals surface area (Å²) in [5, 5.41) is 4.23. The highest BCUT2D eigenvalue weighted by molar-refractivity contribution is 6.15. The molecule has 0 radical (unpaired) electrons. The van der Waals surface area contributed by atoms with Gasteiger partial charge in [0.15, 0.2) is 17.5 Å². The summed E-state index contributed by atoms with van der Waals surface area (Å²) < 4.78 is 12.6. The summed E-state index contributed by atoms with van der Waals surface area (Å²) in [6.45, 7) is 0. The highest BCUT2D eigenvalue weighted by atomic mass is 16.3. The van der Waals surface area contributed by atoms with E-state index in [1.807, 2.05) is 30.3 Å². The van der Waals surface area contributed by atoms with Gasteiger partial charge in [0, 0.05) is 38.2 Å². The number of rotatable bonds is 7. The summed E-state index contributed by atoms with van der Waals surface area (Å²) in [5.41, 5.74) is 15.0. The van der Waals surface area contributed by atoms with Crippen LogP contribution in [0, 0.1) is 0 Å². The predicted octanol–water partition coefficient (Wildman–Crippen LogP) is 15.3. The van der Waals surface area contributed by atoms with Gasteiger partial charge in [-0.3, -0.25) is 0 Å². The van der Waals surface area contributed by atoms with E-state index in [1.165, 1.54) is 0 Å². The second-order valence-electron chi connectivity index (χ2n) is 15.6. The fourth-order valence-corrected chi connectivity index (χ4v) is 8.59. The molecule has 12 aromatic rings. The molecule has 0 saturated carbocycles. The van der Waals surface area contributed by atoms with Crippen LogP contribution in [0.15, 0.2) is 221 Å². The second kappa shape index (κ2) is 14.7. The molecule has 5 nitrogen and oxygen atoms in total. The van der Waals surface area contributed by atoms with Crippen molar-refractivity contribution in [1.82, 2.24) is 15.0 Å². The number of hydrogen-bond acceptors (Lipinski definition) is 5. The van der Waals surface area contributed by atoms with E-state index in [0.29, 0.717) is 17.5 Å². The number of fused-ring (bicyclic) bond motifs is 6. The molecule has 0 unspecified atom stereocenters. The molecule has 290 valence electrons. The third kappa shape index (κ3) is 6.40. The Bertz CT molecular complexity index is 3540. The van der Waals surface area contributed by atoms with Gasteiger partial charge in [-0.05, 0) is 99.1 Å². The van der Waals surface area contributed by atoms with Crippen LogP contribution in [0.2, 0.25) is 0 Å². The molecule has 0 aliphatic carbocycles. The SMILES string of the molecule is c1ccc(-c2cccc(-c3nc(-c4cccc(-c5ccccc5)c4)nc(-c4cccc(-c5cccc(-c6ccc7oc8cc9c(cc8c7c6)oc6ccccc69)c5)c4)n3)c2)cc1. The first-order chi connectivity index (χ1) is 30.7. The number of furan rings is 2. The maximum atomic E-state index is 6.39. The first kappa shape index (κ1) is 35.5. The molecule has 0 aliphatic heterocycles. The maximum absolute atomic E-state index is 6.39. The van der Waals surface area contributed by atoms with Gasteiger partial charge < -0.3 is 8.83 Å². The average Bonchev–Trinajstić information content (AvgIpc) is 3.90. The zero-order valence-corrected chi connectivity index (χ0v) is 33.4. The summed E-state index contributed by atoms with van der Waals surface area (Å²) in [7, 11) is 0. The minimum absolute atomic E-state index is 0.606. The molecule has 62 heavy (non-hydrogen) atoms. The molecule has 0 fully saturated rings. The molecule has 3 aromatic heterocycles. The van der Waals surface area contributed by atoms with Crippen molar-refractivity contribution in [3.05, 3.63) is 212 Å². The third-order valence-electron chi connectivity index (χ3n) is 11.7. The van der Waals surface area contributed by atoms with Gasteiger partial charge >= 0.3 is 0 Å². The summed E-state index contributed by atoms with van der Waals surface area (Å²) in [6, 6.07) is 73.5. The van der Waals surface area contributed by atoms with Gasteiger partial charge in [-0.1, -0.05) is 158 Å². The van der Waals surface area contributed by atoms with E-state index in [-0.39, 0.29) is 0 Å². The smallest absolute Gasteiger partial charge is 0.164 e. The van der Waals surface area contributed by atoms with E-state index in [2.05, 4.69) is 182 Å². The van der Waals surface area contributed by atoms with Gasteiger partial charge in [-0.2, -0.15) is 0 Å². The van der Waals surface area contributed by atoms with Crippen LogP contribution >= 0.6 is 0 Å². The Morgan fingerprint density at radius 1 is 0.210 bits per heavy atom. The lowest BCUT2D eigenvalue weighted by atomic mass is 9.97. The van der Waals surface area contributed by atoms with Gasteiger partial charge in [-0.15, -0.1) is 0 Å². The van der Waals surface area contributed by atoms with Crippen molar-refractivity contribution >= 4 is 43.9 Å². The van der Waals surface area contributed by atoms with Crippen LogP contribution in [-0.4, -0.2) is 15.0 Å². The molecule has 5 heteroatoms. The van der Waals surface area contributed by atoms with Crippen LogP contribution in [0.1, 0.15) is 0 Å². The van der Waals surface area contributed by atoms with Gasteiger partial charge in [0.1, 0.15) is 22.3 Å². The Hall–Kier alpha value is -8.41. The minimum atomic E-state index is 0.606. The topological polar surface area (TPSA) is 65.0 Å². The number of para-hydroxylation sites is 1. The first-order valence-electron chi connectivity index (χ1n) is 20.7. The van der Waals surface area contributed by atoms with Crippen molar-refractivity contribution in [3.8, 4) is 78.7 Å². The van der Waals surface area contributed by atoms with Crippen LogP contribution < -0.4 is 0 Å². The molecule has 12 rings (SSSR count). The van der Waals surface area contributed by atoms with E-state index in [0.717, 1.165) is 105 Å². The molecular weight excluding hydrogens is 759 g/mol. The fraction of sp³-hybridized carbons (Fsp3) is 0. The van der Waals surface area contributed by atoms with Crippen molar-refractivity contribution in [2.45, 2.75) is 0 Å². The van der Waals surface area contributed by atoms with Gasteiger partial charge in [0.05, 0.1) is 0 Å². The van der Waals surface area contributed by atoms with Crippen LogP contribution in [0.25, 0.3) is 123 Å². The summed E-state index contributed by atoms with van der Waals surface area (Å²) in [5.74, 6) is 1.83. The van der Waals surface area contributed by atoms with Crippen molar-refractivity contribution < 1.29 is 8.83 Å². The zero-order valence-electron chi connectivity index (χ0n) is 33.4. The highest BCUT2D eigenvalue weighted by Gasteiger charge is 2.17. The molecule has 0 bridgehead atoms. The summed E-state index contributed by atoms with van der Waals surface area (Å²) in [6.07, 6.45) is 0. The van der Waals surface area contributed by atoms with E-state index in [9.17, 15) is 0 Å². The van der Waals surface area contributed by atoms with Crippen LogP contribution in [0.4, 0.5) is 0 Å². The Morgan fingerprint density at radius 3 is 1.05 bits per heavy atom. The third-order valence-corrected chi connectivity index (χ3v) is 11.7. The number of hydrogen-bond donors (Lipinski definition) is 0. The summed E-state index contributed by atoms with van der Waals surface area (Å²) >= 11 is 0. The largest absolute Gasteiger partial charge is 0.456 e. The lowest BCUT2D eigenvalue weighted by Crippen LogP contribution is -2.00. The predicted molar refractivity (Wildman–Crippen MR) is 252 cm³/mol. The number of aromatic nitrogens is 3. The van der Waals surface area contributed by atoms with E-state index in [1.54, 1.807) is 0 Å². The molecule has 0 spiro atoms. The normalized spacial score (nSPS) is 11.5. The number of nitrogens with zero attached hydrogens (tertiary/aromatic N) is 3. The van der Waals surface area contributed by atoms with Gasteiger partial charge in [0.25, 0.3) is 0 Å². The molecule has 0 N–H and O–H groups in total. The Labute approximate surface area is 357 Å². The minimum Gasteiger partial charge on any atom is -0.456 e. The average molecular weight is 794 g/mol. The number of benzene rings is 9. The fourth-order valence-electron chi connectivity index (χ4n) is 8.59.